The second-order valence-corrected chi connectivity index (χ2v) is 6.88. The zero-order valence-corrected chi connectivity index (χ0v) is 15.0. The zero-order chi connectivity index (χ0) is 19.0. The van der Waals surface area contributed by atoms with E-state index in [0.29, 0.717) is 13.0 Å². The molecule has 136 valence electrons. The molecule has 27 heavy (non-hydrogen) atoms. The average molecular weight is 363 g/mol. The number of aryl methyl sites for hydroxylation is 1. The van der Waals surface area contributed by atoms with Crippen LogP contribution in [-0.2, 0) is 6.42 Å². The second-order valence-electron chi connectivity index (χ2n) is 6.88. The molecule has 3 aromatic rings. The van der Waals surface area contributed by atoms with Gasteiger partial charge in [-0.3, -0.25) is 4.79 Å². The Morgan fingerprint density at radius 2 is 1.74 bits per heavy atom. The normalized spacial score (nSPS) is 16.1. The third kappa shape index (κ3) is 3.23. The molecule has 1 heterocycles. The van der Waals surface area contributed by atoms with Gasteiger partial charge in [0, 0.05) is 6.54 Å². The standard InChI is InChI=1S/C23H19F2NO/c1-15-6-8-17(9-7-15)22-19-5-3-2-4-16(19)12-13-26(22)23(27)20-14-18(24)10-11-21(20)25/h2-11,14,22H,12-13H2,1H3. The average Bonchev–Trinajstić information content (AvgIpc) is 2.69. The molecule has 0 spiro atoms. The van der Waals surface area contributed by atoms with Crippen LogP contribution in [0.4, 0.5) is 8.78 Å². The van der Waals surface area contributed by atoms with Gasteiger partial charge in [-0.25, -0.2) is 8.78 Å². The number of benzene rings is 3. The Morgan fingerprint density at radius 3 is 2.52 bits per heavy atom. The highest BCUT2D eigenvalue weighted by molar-refractivity contribution is 5.95. The van der Waals surface area contributed by atoms with E-state index in [1.807, 2.05) is 49.4 Å². The minimum absolute atomic E-state index is 0.230. The van der Waals surface area contributed by atoms with Crippen LogP contribution in [0.1, 0.15) is 38.7 Å². The maximum Gasteiger partial charge on any atom is 0.257 e. The predicted molar refractivity (Wildman–Crippen MR) is 101 cm³/mol. The first-order chi connectivity index (χ1) is 13.0. The van der Waals surface area contributed by atoms with E-state index in [0.717, 1.165) is 34.9 Å². The summed E-state index contributed by atoms with van der Waals surface area (Å²) in [6, 6.07) is 18.6. The molecule has 0 bridgehead atoms. The van der Waals surface area contributed by atoms with E-state index in [1.54, 1.807) is 4.90 Å². The Kier molecular flexibility index (Phi) is 4.48. The number of carbonyl (C=O) groups is 1. The monoisotopic (exact) mass is 363 g/mol. The third-order valence-electron chi connectivity index (χ3n) is 5.10. The van der Waals surface area contributed by atoms with E-state index < -0.39 is 17.5 Å². The quantitative estimate of drug-likeness (QED) is 0.623. The van der Waals surface area contributed by atoms with Crippen LogP contribution in [0.15, 0.2) is 66.7 Å². The smallest absolute Gasteiger partial charge is 0.257 e. The highest BCUT2D eigenvalue weighted by atomic mass is 19.1. The molecule has 4 heteroatoms. The molecule has 1 aliphatic rings. The van der Waals surface area contributed by atoms with Crippen molar-refractivity contribution >= 4 is 5.91 Å². The van der Waals surface area contributed by atoms with Crippen LogP contribution in [0.2, 0.25) is 0 Å². The van der Waals surface area contributed by atoms with Crippen molar-refractivity contribution < 1.29 is 13.6 Å². The number of rotatable bonds is 2. The van der Waals surface area contributed by atoms with Crippen LogP contribution in [0.5, 0.6) is 0 Å². The molecule has 2 nitrogen and oxygen atoms in total. The van der Waals surface area contributed by atoms with Crippen LogP contribution in [-0.4, -0.2) is 17.4 Å². The highest BCUT2D eigenvalue weighted by Gasteiger charge is 2.33. The van der Waals surface area contributed by atoms with Crippen molar-refractivity contribution in [2.24, 2.45) is 0 Å². The first kappa shape index (κ1) is 17.4. The number of amides is 1. The van der Waals surface area contributed by atoms with Crippen molar-refractivity contribution in [1.82, 2.24) is 4.90 Å². The highest BCUT2D eigenvalue weighted by Crippen LogP contribution is 2.36. The molecule has 0 radical (unpaired) electrons. The number of hydrogen-bond donors (Lipinski definition) is 0. The first-order valence-corrected chi connectivity index (χ1v) is 8.95. The van der Waals surface area contributed by atoms with Crippen molar-refractivity contribution in [3.8, 4) is 0 Å². The van der Waals surface area contributed by atoms with Crippen molar-refractivity contribution in [3.63, 3.8) is 0 Å². The third-order valence-corrected chi connectivity index (χ3v) is 5.10. The van der Waals surface area contributed by atoms with Crippen molar-refractivity contribution in [2.75, 3.05) is 6.54 Å². The summed E-state index contributed by atoms with van der Waals surface area (Å²) in [6.45, 7) is 2.45. The summed E-state index contributed by atoms with van der Waals surface area (Å²) in [7, 11) is 0. The van der Waals surface area contributed by atoms with Gasteiger partial charge in [-0.2, -0.15) is 0 Å². The lowest BCUT2D eigenvalue weighted by atomic mass is 9.87. The van der Waals surface area contributed by atoms with Gasteiger partial charge < -0.3 is 4.90 Å². The number of fused-ring (bicyclic) bond motifs is 1. The fourth-order valence-electron chi connectivity index (χ4n) is 3.71. The maximum atomic E-state index is 14.2. The molecular formula is C23H19F2NO. The number of carbonyl (C=O) groups excluding carboxylic acids is 1. The molecule has 0 saturated heterocycles. The van der Waals surface area contributed by atoms with E-state index in [-0.39, 0.29) is 11.6 Å². The largest absolute Gasteiger partial charge is 0.327 e. The minimum Gasteiger partial charge on any atom is -0.327 e. The van der Waals surface area contributed by atoms with Gasteiger partial charge in [0.25, 0.3) is 5.91 Å². The molecule has 0 N–H and O–H groups in total. The summed E-state index contributed by atoms with van der Waals surface area (Å²) in [5, 5.41) is 0. The molecule has 0 aliphatic carbocycles. The summed E-state index contributed by atoms with van der Waals surface area (Å²) < 4.78 is 27.9. The Balaban J connectivity index is 1.82. The Bertz CT molecular complexity index is 998. The van der Waals surface area contributed by atoms with Crippen LogP contribution < -0.4 is 0 Å². The molecular weight excluding hydrogens is 344 g/mol. The van der Waals surface area contributed by atoms with Crippen molar-refractivity contribution in [3.05, 3.63) is 106 Å². The summed E-state index contributed by atoms with van der Waals surface area (Å²) in [6.07, 6.45) is 0.682. The fraction of sp³-hybridized carbons (Fsp3) is 0.174. The van der Waals surface area contributed by atoms with E-state index in [1.165, 1.54) is 5.56 Å². The lowest BCUT2D eigenvalue weighted by Gasteiger charge is -2.38. The molecule has 1 unspecified atom stereocenters. The maximum absolute atomic E-state index is 14.2. The van der Waals surface area contributed by atoms with Gasteiger partial charge in [-0.1, -0.05) is 54.1 Å². The number of halogens is 2. The van der Waals surface area contributed by atoms with Gasteiger partial charge >= 0.3 is 0 Å². The van der Waals surface area contributed by atoms with Crippen molar-refractivity contribution in [1.29, 1.82) is 0 Å². The number of nitrogens with zero attached hydrogens (tertiary/aromatic N) is 1. The van der Waals surface area contributed by atoms with Gasteiger partial charge in [0.2, 0.25) is 0 Å². The zero-order valence-electron chi connectivity index (χ0n) is 15.0. The van der Waals surface area contributed by atoms with E-state index in [2.05, 4.69) is 6.07 Å². The molecule has 0 aromatic heterocycles. The molecule has 1 atom stereocenters. The topological polar surface area (TPSA) is 20.3 Å². The van der Waals surface area contributed by atoms with Crippen LogP contribution >= 0.6 is 0 Å². The summed E-state index contributed by atoms with van der Waals surface area (Å²) in [4.78, 5) is 14.8. The van der Waals surface area contributed by atoms with E-state index in [9.17, 15) is 13.6 Å². The van der Waals surface area contributed by atoms with Gasteiger partial charge in [0.15, 0.2) is 0 Å². The van der Waals surface area contributed by atoms with Gasteiger partial charge in [-0.15, -0.1) is 0 Å². The van der Waals surface area contributed by atoms with Gasteiger partial charge in [-0.05, 0) is 48.2 Å². The second kappa shape index (κ2) is 6.95. The lowest BCUT2D eigenvalue weighted by molar-refractivity contribution is 0.0689. The van der Waals surface area contributed by atoms with E-state index in [4.69, 9.17) is 0 Å². The molecule has 4 rings (SSSR count). The Hall–Kier alpha value is -3.01. The van der Waals surface area contributed by atoms with Crippen molar-refractivity contribution in [2.45, 2.75) is 19.4 Å². The summed E-state index contributed by atoms with van der Waals surface area (Å²) in [5.74, 6) is -1.82. The lowest BCUT2D eigenvalue weighted by Crippen LogP contribution is -2.41. The van der Waals surface area contributed by atoms with E-state index >= 15 is 0 Å². The minimum atomic E-state index is -0.706. The molecule has 0 fully saturated rings. The van der Waals surface area contributed by atoms with Gasteiger partial charge in [0.1, 0.15) is 11.6 Å². The Labute approximate surface area is 157 Å². The fourth-order valence-corrected chi connectivity index (χ4v) is 3.71. The number of hydrogen-bond acceptors (Lipinski definition) is 1. The first-order valence-electron chi connectivity index (χ1n) is 8.95. The SMILES string of the molecule is Cc1ccc(C2c3ccccc3CCN2C(=O)c2cc(F)ccc2F)cc1. The Morgan fingerprint density at radius 1 is 1.00 bits per heavy atom. The predicted octanol–water partition coefficient (Wildman–Crippen LogP) is 5.06. The van der Waals surface area contributed by atoms with Crippen LogP contribution in [0.25, 0.3) is 0 Å². The molecule has 0 saturated carbocycles. The van der Waals surface area contributed by atoms with Gasteiger partial charge in [0.05, 0.1) is 11.6 Å². The molecule has 1 amide bonds. The molecule has 3 aromatic carbocycles. The molecule has 1 aliphatic heterocycles. The van der Waals surface area contributed by atoms with Crippen LogP contribution in [0.3, 0.4) is 0 Å². The summed E-state index contributed by atoms with van der Waals surface area (Å²) in [5.41, 5.74) is 4.05. The summed E-state index contributed by atoms with van der Waals surface area (Å²) >= 11 is 0. The van der Waals surface area contributed by atoms with Crippen LogP contribution in [0, 0.1) is 18.6 Å².